The number of piperidine rings is 1. The molecule has 100 valence electrons. The molecule has 1 aromatic heterocycles. The van der Waals surface area contributed by atoms with Gasteiger partial charge in [0.25, 0.3) is 0 Å². The molecule has 4 nitrogen and oxygen atoms in total. The summed E-state index contributed by atoms with van der Waals surface area (Å²) in [5, 5.41) is 9.82. The first kappa shape index (κ1) is 13.3. The second kappa shape index (κ2) is 5.67. The van der Waals surface area contributed by atoms with E-state index in [4.69, 9.17) is 0 Å². The van der Waals surface area contributed by atoms with Crippen molar-refractivity contribution in [2.24, 2.45) is 0 Å². The smallest absolute Gasteiger partial charge is 0.134 e. The minimum atomic E-state index is -0.470. The molecule has 0 aromatic carbocycles. The second-order valence-corrected chi connectivity index (χ2v) is 5.24. The fourth-order valence-electron chi connectivity index (χ4n) is 2.59. The summed E-state index contributed by atoms with van der Waals surface area (Å²) in [6.45, 7) is 4.06. The van der Waals surface area contributed by atoms with Crippen molar-refractivity contribution in [2.45, 2.75) is 31.9 Å². The van der Waals surface area contributed by atoms with Crippen LogP contribution in [-0.4, -0.2) is 48.2 Å². The maximum Gasteiger partial charge on any atom is 0.134 e. The van der Waals surface area contributed by atoms with Crippen molar-refractivity contribution >= 4 is 5.82 Å². The SMILES string of the molecule is C[C@H](O)c1cccnc1N(C)C1CCN(C)CC1. The van der Waals surface area contributed by atoms with E-state index in [2.05, 4.69) is 28.9 Å². The van der Waals surface area contributed by atoms with Gasteiger partial charge < -0.3 is 14.9 Å². The number of aliphatic hydroxyl groups is 1. The monoisotopic (exact) mass is 249 g/mol. The molecule has 4 heteroatoms. The predicted molar refractivity (Wildman–Crippen MR) is 73.8 cm³/mol. The Morgan fingerprint density at radius 3 is 2.72 bits per heavy atom. The molecule has 1 aliphatic rings. The Bertz CT molecular complexity index is 386. The van der Waals surface area contributed by atoms with Gasteiger partial charge in [0.1, 0.15) is 5.82 Å². The number of aromatic nitrogens is 1. The molecule has 0 bridgehead atoms. The molecule has 1 N–H and O–H groups in total. The van der Waals surface area contributed by atoms with E-state index >= 15 is 0 Å². The highest BCUT2D eigenvalue weighted by atomic mass is 16.3. The molecule has 1 aromatic rings. The topological polar surface area (TPSA) is 39.6 Å². The fourth-order valence-corrected chi connectivity index (χ4v) is 2.59. The summed E-state index contributed by atoms with van der Waals surface area (Å²) in [6, 6.07) is 4.36. The van der Waals surface area contributed by atoms with Crippen LogP contribution in [0.2, 0.25) is 0 Å². The molecule has 2 rings (SSSR count). The van der Waals surface area contributed by atoms with Crippen molar-refractivity contribution in [1.29, 1.82) is 0 Å². The van der Waals surface area contributed by atoms with Gasteiger partial charge >= 0.3 is 0 Å². The van der Waals surface area contributed by atoms with Crippen LogP contribution in [0.4, 0.5) is 5.82 Å². The van der Waals surface area contributed by atoms with Gasteiger partial charge in [0.2, 0.25) is 0 Å². The molecule has 2 heterocycles. The first-order valence-electron chi connectivity index (χ1n) is 6.64. The molecule has 0 unspecified atom stereocenters. The van der Waals surface area contributed by atoms with Crippen molar-refractivity contribution in [2.75, 3.05) is 32.1 Å². The van der Waals surface area contributed by atoms with E-state index in [0.717, 1.165) is 37.3 Å². The first-order valence-corrected chi connectivity index (χ1v) is 6.64. The Balaban J connectivity index is 2.15. The van der Waals surface area contributed by atoms with Gasteiger partial charge in [-0.3, -0.25) is 0 Å². The molecular formula is C14H23N3O. The zero-order valence-corrected chi connectivity index (χ0v) is 11.5. The van der Waals surface area contributed by atoms with Crippen LogP contribution in [0.5, 0.6) is 0 Å². The highest BCUT2D eigenvalue weighted by molar-refractivity contribution is 5.48. The van der Waals surface area contributed by atoms with Crippen molar-refractivity contribution < 1.29 is 5.11 Å². The highest BCUT2D eigenvalue weighted by Crippen LogP contribution is 2.26. The lowest BCUT2D eigenvalue weighted by Crippen LogP contribution is -2.42. The summed E-state index contributed by atoms with van der Waals surface area (Å²) in [4.78, 5) is 9.04. The zero-order valence-electron chi connectivity index (χ0n) is 11.5. The van der Waals surface area contributed by atoms with Gasteiger partial charge in [0.15, 0.2) is 0 Å². The van der Waals surface area contributed by atoms with Crippen LogP contribution >= 0.6 is 0 Å². The normalized spacial score (nSPS) is 19.8. The fraction of sp³-hybridized carbons (Fsp3) is 0.643. The zero-order chi connectivity index (χ0) is 13.1. The summed E-state index contributed by atoms with van der Waals surface area (Å²) in [5.41, 5.74) is 0.916. The van der Waals surface area contributed by atoms with E-state index in [0.29, 0.717) is 6.04 Å². The van der Waals surface area contributed by atoms with Gasteiger partial charge in [-0.15, -0.1) is 0 Å². The number of hydrogen-bond donors (Lipinski definition) is 1. The van der Waals surface area contributed by atoms with Crippen LogP contribution in [0.25, 0.3) is 0 Å². The van der Waals surface area contributed by atoms with Crippen LogP contribution < -0.4 is 4.90 Å². The lowest BCUT2D eigenvalue weighted by molar-refractivity contribution is 0.198. The van der Waals surface area contributed by atoms with E-state index in [9.17, 15) is 5.11 Å². The number of rotatable bonds is 3. The number of anilines is 1. The summed E-state index contributed by atoms with van der Waals surface area (Å²) in [7, 11) is 4.25. The van der Waals surface area contributed by atoms with Crippen molar-refractivity contribution in [3.8, 4) is 0 Å². The van der Waals surface area contributed by atoms with E-state index in [-0.39, 0.29) is 0 Å². The molecule has 0 radical (unpaired) electrons. The Morgan fingerprint density at radius 1 is 1.44 bits per heavy atom. The molecule has 18 heavy (non-hydrogen) atoms. The third-order valence-corrected chi connectivity index (χ3v) is 3.84. The Labute approximate surface area is 109 Å². The van der Waals surface area contributed by atoms with Gasteiger partial charge in [0.05, 0.1) is 6.10 Å². The largest absolute Gasteiger partial charge is 0.389 e. The van der Waals surface area contributed by atoms with Crippen LogP contribution in [0.3, 0.4) is 0 Å². The maximum absolute atomic E-state index is 9.82. The lowest BCUT2D eigenvalue weighted by atomic mass is 10.0. The van der Waals surface area contributed by atoms with Gasteiger partial charge in [-0.25, -0.2) is 4.98 Å². The van der Waals surface area contributed by atoms with E-state index in [1.807, 2.05) is 12.1 Å². The van der Waals surface area contributed by atoms with Crippen LogP contribution in [0.1, 0.15) is 31.4 Å². The highest BCUT2D eigenvalue weighted by Gasteiger charge is 2.23. The third-order valence-electron chi connectivity index (χ3n) is 3.84. The van der Waals surface area contributed by atoms with E-state index in [1.165, 1.54) is 0 Å². The molecule has 1 atom stereocenters. The number of aliphatic hydroxyl groups excluding tert-OH is 1. The quantitative estimate of drug-likeness (QED) is 0.884. The second-order valence-electron chi connectivity index (χ2n) is 5.24. The van der Waals surface area contributed by atoms with Crippen LogP contribution in [-0.2, 0) is 0 Å². The minimum absolute atomic E-state index is 0.470. The Kier molecular flexibility index (Phi) is 4.19. The van der Waals surface area contributed by atoms with Crippen LogP contribution in [0.15, 0.2) is 18.3 Å². The Morgan fingerprint density at radius 2 is 2.11 bits per heavy atom. The average molecular weight is 249 g/mol. The molecular weight excluding hydrogens is 226 g/mol. The summed E-state index contributed by atoms with van der Waals surface area (Å²) in [6.07, 6.45) is 3.64. The summed E-state index contributed by atoms with van der Waals surface area (Å²) < 4.78 is 0. The van der Waals surface area contributed by atoms with Crippen molar-refractivity contribution in [3.05, 3.63) is 23.9 Å². The van der Waals surface area contributed by atoms with Gasteiger partial charge in [-0.05, 0) is 46.0 Å². The summed E-state index contributed by atoms with van der Waals surface area (Å²) in [5.74, 6) is 0.919. The van der Waals surface area contributed by atoms with Gasteiger partial charge in [-0.1, -0.05) is 6.07 Å². The van der Waals surface area contributed by atoms with Crippen LogP contribution in [0, 0.1) is 0 Å². The molecule has 0 spiro atoms. The van der Waals surface area contributed by atoms with Gasteiger partial charge in [-0.2, -0.15) is 0 Å². The van der Waals surface area contributed by atoms with Crippen molar-refractivity contribution in [3.63, 3.8) is 0 Å². The predicted octanol–water partition coefficient (Wildman–Crippen LogP) is 1.67. The number of nitrogens with zero attached hydrogens (tertiary/aromatic N) is 3. The van der Waals surface area contributed by atoms with Gasteiger partial charge in [0, 0.05) is 24.8 Å². The molecule has 1 saturated heterocycles. The molecule has 0 saturated carbocycles. The molecule has 0 aliphatic carbocycles. The maximum atomic E-state index is 9.82. The number of pyridine rings is 1. The summed E-state index contributed by atoms with van der Waals surface area (Å²) >= 11 is 0. The Hall–Kier alpha value is -1.13. The molecule has 1 fully saturated rings. The first-order chi connectivity index (χ1) is 8.59. The molecule has 0 amide bonds. The lowest BCUT2D eigenvalue weighted by Gasteiger charge is -2.36. The van der Waals surface area contributed by atoms with E-state index in [1.54, 1.807) is 13.1 Å². The molecule has 1 aliphatic heterocycles. The standard InChI is InChI=1S/C14H23N3O/c1-11(18)13-5-4-8-15-14(13)17(3)12-6-9-16(2)10-7-12/h4-5,8,11-12,18H,6-7,9-10H2,1-3H3/t11-/m0/s1. The average Bonchev–Trinajstić information content (AvgIpc) is 2.39. The van der Waals surface area contributed by atoms with Crippen molar-refractivity contribution in [1.82, 2.24) is 9.88 Å². The third kappa shape index (κ3) is 2.82. The number of likely N-dealkylation sites (tertiary alicyclic amines) is 1. The van der Waals surface area contributed by atoms with E-state index < -0.39 is 6.10 Å². The minimum Gasteiger partial charge on any atom is -0.389 e. The number of hydrogen-bond acceptors (Lipinski definition) is 4.